The van der Waals surface area contributed by atoms with Crippen LogP contribution >= 0.6 is 50.7 Å². The molecule has 0 radical (unpaired) electrons. The number of primary amides is 2. The van der Waals surface area contributed by atoms with Gasteiger partial charge in [-0.05, 0) is 128 Å². The number of aromatic nitrogens is 4. The zero-order chi connectivity index (χ0) is 79.5. The van der Waals surface area contributed by atoms with Gasteiger partial charge in [-0.3, -0.25) is 47.7 Å². The van der Waals surface area contributed by atoms with Gasteiger partial charge in [0.2, 0.25) is 17.7 Å². The quantitative estimate of drug-likeness (QED) is 0.0143. The fourth-order valence-corrected chi connectivity index (χ4v) is 11.6. The minimum Gasteiger partial charge on any atom is -1.00 e. The number of hydrogen-bond donors (Lipinski definition) is 9. The summed E-state index contributed by atoms with van der Waals surface area (Å²) in [5.41, 5.74) is 17.5. The van der Waals surface area contributed by atoms with E-state index in [0.29, 0.717) is 70.0 Å². The van der Waals surface area contributed by atoms with Crippen LogP contribution in [-0.4, -0.2) is 149 Å². The van der Waals surface area contributed by atoms with E-state index in [1.165, 1.54) is 38.5 Å². The van der Waals surface area contributed by atoms with Gasteiger partial charge < -0.3 is 74.8 Å². The first-order chi connectivity index (χ1) is 50.4. The number of nitrogens with one attached hydrogen (secondary N) is 5. The van der Waals surface area contributed by atoms with Gasteiger partial charge in [0.25, 0.3) is 18.3 Å². The Morgan fingerprint density at radius 1 is 0.640 bits per heavy atom. The van der Waals surface area contributed by atoms with Crippen LogP contribution in [0.25, 0.3) is 21.8 Å². The van der Waals surface area contributed by atoms with Crippen LogP contribution in [0.2, 0.25) is 15.1 Å². The molecule has 37 heteroatoms. The Kier molecular flexibility index (Phi) is 46.5. The maximum absolute atomic E-state index is 14.3. The Morgan fingerprint density at radius 2 is 1.05 bits per heavy atom. The molecule has 7 amide bonds. The smallest absolute Gasteiger partial charge is 1.00 e. The third-order valence-electron chi connectivity index (χ3n) is 16.0. The number of nitrogens with two attached hydrogens (primary N) is 3. The number of rotatable bonds is 23. The number of carboxylic acids is 1. The Balaban J connectivity index is 0.00000146. The number of alkyl carbamates (subject to hydrolysis) is 2. The van der Waals surface area contributed by atoms with E-state index in [2.05, 4.69) is 64.5 Å². The van der Waals surface area contributed by atoms with Gasteiger partial charge >= 0.3 is 121 Å². The number of benzene rings is 5. The normalized spacial score (nSPS) is 16.1. The van der Waals surface area contributed by atoms with E-state index in [-0.39, 0.29) is 239 Å². The van der Waals surface area contributed by atoms with Crippen LogP contribution < -0.4 is 152 Å². The number of para-hydroxylation sites is 2. The SMILES string of the molecule is C.C.CC(C)(C)OC(=O)NC1CC(N(CC(=O)NCc2cccc(Cl)c2F)C(=O)Cn2nc(C(N)=O)c3ccccc32)C1.CC(C)(C)OC(=O)NC1CC(N)C1.CC1CC(NCC(=O)NCc2cccc(Cl)c2F)C1.NC(=O)c1nn(CC(=O)O)c2ccccc12.O=C(CBr)CCc1cccc(Cl)c1F.O=CO[O-].[H-].[K+].[K+]. The number of carboxylic acid groups (broad SMARTS) is 1. The molecule has 2 aromatic heterocycles. The molecule has 0 atom stereocenters. The molecule has 3 saturated carbocycles. The number of carbonyl (C=O) groups is 10. The van der Waals surface area contributed by atoms with E-state index in [9.17, 15) is 56.3 Å². The molecule has 111 heavy (non-hydrogen) atoms. The predicted octanol–water partition coefficient (Wildman–Crippen LogP) is 4.04. The van der Waals surface area contributed by atoms with E-state index < -0.39 is 64.3 Å². The molecule has 0 spiro atoms. The van der Waals surface area contributed by atoms with Crippen LogP contribution in [0.4, 0.5) is 22.8 Å². The van der Waals surface area contributed by atoms with Crippen LogP contribution in [0.1, 0.15) is 147 Å². The zero-order valence-corrected chi connectivity index (χ0v) is 71.8. The molecule has 3 aliphatic carbocycles. The monoisotopic (exact) mass is 1730 g/mol. The number of alkyl halides is 1. The van der Waals surface area contributed by atoms with E-state index in [1.807, 2.05) is 20.8 Å². The maximum atomic E-state index is 14.3. The summed E-state index contributed by atoms with van der Waals surface area (Å²) in [6, 6.07) is 28.1. The van der Waals surface area contributed by atoms with Crippen LogP contribution in [0, 0.1) is 23.4 Å². The third kappa shape index (κ3) is 35.2. The number of Topliss-reactive ketones (excluding diaryl/α,β-unsaturated/α-hetero) is 1. The number of aryl methyl sites for hydroxylation is 1. The second kappa shape index (κ2) is 50.2. The summed E-state index contributed by atoms with van der Waals surface area (Å²) in [5, 5.41) is 40.8. The van der Waals surface area contributed by atoms with Gasteiger partial charge in [0, 0.05) is 71.6 Å². The molecule has 5 aromatic carbocycles. The summed E-state index contributed by atoms with van der Waals surface area (Å²) in [4.78, 5) is 119. The molecule has 12 N–H and O–H groups in total. The molecule has 3 aliphatic rings. The van der Waals surface area contributed by atoms with E-state index in [1.54, 1.807) is 99.6 Å². The molecule has 0 bridgehead atoms. The standard InChI is InChI=1S/C28H32ClFN6O5.C14H18ClFN2O.C10H9BrClFO.C10H9N3O3.C9H18N2O2.CH2O3.2CH4.2K.H/c1-28(2,3)41-27(40)33-17-11-18(12-17)35(14-22(37)32-13-16-7-6-9-20(29)24(16)30)23(38)15-36-21-10-5-4-8-19(21)25(34-36)26(31)39;1-9-5-11(6-9)17-8-13(19)18-7-10-3-2-4-12(15)14(10)16;11-6-8(14)5-4-7-2-1-3-9(12)10(7)13;11-10(16)9-6-3-1-2-4-7(6)13(12-9)5-8(14)15;1-9(2,3)13-8(12)11-7-4-6(10)5-7;2-1-4-3;;;;;/h4-10,17-18H,11-15H2,1-3H3,(H2,31,39)(H,32,37)(H,33,40);2-4,9,11,17H,5-8H2,1H3,(H,18,19);1-3H,4-6H2;1-4H,5H2,(H2,11,16)(H,14,15);6-7H,4-5,10H2,1-3H3,(H,11,12);1,3H;2*1H4;;;/q;;;;;;;;2*+1;-1/p-1. The molecule has 3 fully saturated rings. The minimum atomic E-state index is -1.02. The van der Waals surface area contributed by atoms with Crippen molar-refractivity contribution in [3.63, 3.8) is 0 Å². The molecule has 10 rings (SSSR count). The average Bonchev–Trinajstić information content (AvgIpc) is 1.62. The van der Waals surface area contributed by atoms with Crippen molar-refractivity contribution in [1.82, 2.24) is 51.0 Å². The molecule has 7 aromatic rings. The topological polar surface area (TPSA) is 419 Å². The Morgan fingerprint density at radius 3 is 1.44 bits per heavy atom. The van der Waals surface area contributed by atoms with Gasteiger partial charge in [0.1, 0.15) is 47.5 Å². The van der Waals surface area contributed by atoms with Gasteiger partial charge in [-0.2, -0.15) is 10.2 Å². The number of nitrogens with zero attached hydrogens (tertiary/aromatic N) is 5. The number of ether oxygens (including phenoxy) is 2. The maximum Gasteiger partial charge on any atom is 1.00 e. The first-order valence-electron chi connectivity index (χ1n) is 33.5. The number of hydrogen-bond acceptors (Lipinski definition) is 18. The largest absolute Gasteiger partial charge is 1.00 e. The third-order valence-corrected chi connectivity index (χ3v) is 17.5. The number of amides is 7. The van der Waals surface area contributed by atoms with Crippen molar-refractivity contribution in [3.8, 4) is 0 Å². The summed E-state index contributed by atoms with van der Waals surface area (Å²) in [6.07, 6.45) is 4.58. The molecular weight excluding hydrogens is 1630 g/mol. The van der Waals surface area contributed by atoms with Gasteiger partial charge in [0.05, 0.1) is 44.5 Å². The molecule has 28 nitrogen and oxygen atoms in total. The second-order valence-electron chi connectivity index (χ2n) is 26.9. The fourth-order valence-electron chi connectivity index (χ4n) is 10.7. The Labute approximate surface area is 752 Å². The molecular formula is C74H96BrCl3F3K2N13O15. The van der Waals surface area contributed by atoms with E-state index in [0.717, 1.165) is 31.6 Å². The van der Waals surface area contributed by atoms with Gasteiger partial charge in [0.15, 0.2) is 11.4 Å². The number of fused-ring (bicyclic) bond motifs is 2. The predicted molar refractivity (Wildman–Crippen MR) is 409 cm³/mol. The van der Waals surface area contributed by atoms with Crippen molar-refractivity contribution in [2.45, 2.75) is 182 Å². The first kappa shape index (κ1) is 103. The summed E-state index contributed by atoms with van der Waals surface area (Å²) in [5.74, 6) is -4.19. The van der Waals surface area contributed by atoms with Gasteiger partial charge in [-0.25, -0.2) is 22.8 Å². The Bertz CT molecular complexity index is 4260. The Hall–Kier alpha value is -6.17. The number of ketones is 1. The van der Waals surface area contributed by atoms with E-state index >= 15 is 0 Å². The van der Waals surface area contributed by atoms with Crippen molar-refractivity contribution >= 4 is 132 Å². The minimum absolute atomic E-state index is 0. The summed E-state index contributed by atoms with van der Waals surface area (Å²) in [6.45, 7) is 12.3. The molecule has 598 valence electrons. The molecule has 0 unspecified atom stereocenters. The number of halogens is 7. The van der Waals surface area contributed by atoms with Crippen molar-refractivity contribution < 1.29 is 190 Å². The molecule has 0 saturated heterocycles. The van der Waals surface area contributed by atoms with Gasteiger partial charge in [-0.15, -0.1) is 0 Å². The number of carbonyl (C=O) groups excluding carboxylic acids is 9. The summed E-state index contributed by atoms with van der Waals surface area (Å²) in [7, 11) is 0. The summed E-state index contributed by atoms with van der Waals surface area (Å²) < 4.78 is 54.2. The van der Waals surface area contributed by atoms with Gasteiger partial charge in [-0.1, -0.05) is 145 Å². The second-order valence-corrected chi connectivity index (χ2v) is 28.7. The fraction of sp³-hybridized carbons (Fsp3) is 0.432. The average molecular weight is 1730 g/mol. The van der Waals surface area contributed by atoms with Crippen LogP contribution in [-0.2, 0) is 75.7 Å². The van der Waals surface area contributed by atoms with E-state index in [4.69, 9.17) is 76.6 Å². The molecule has 0 aliphatic heterocycles. The number of aliphatic carboxylic acids is 1. The first-order valence-corrected chi connectivity index (χ1v) is 35.8. The summed E-state index contributed by atoms with van der Waals surface area (Å²) >= 11 is 20.1. The van der Waals surface area contributed by atoms with Crippen molar-refractivity contribution in [2.75, 3.05) is 18.4 Å². The molecule has 2 heterocycles. The van der Waals surface area contributed by atoms with Crippen LogP contribution in [0.15, 0.2) is 103 Å². The van der Waals surface area contributed by atoms with Crippen LogP contribution in [0.3, 0.4) is 0 Å². The van der Waals surface area contributed by atoms with Crippen molar-refractivity contribution in [1.29, 1.82) is 0 Å². The van der Waals surface area contributed by atoms with Crippen LogP contribution in [0.5, 0.6) is 0 Å². The zero-order valence-electron chi connectivity index (χ0n) is 62.7. The van der Waals surface area contributed by atoms with Crippen molar-refractivity contribution in [2.24, 2.45) is 23.1 Å². The van der Waals surface area contributed by atoms with Crippen molar-refractivity contribution in [3.05, 3.63) is 164 Å².